The first-order chi connectivity index (χ1) is 7.22. The lowest BCUT2D eigenvalue weighted by molar-refractivity contribution is 0.0182. The maximum Gasteiger partial charge on any atom is 0.261 e. The molecule has 0 radical (unpaired) electrons. The van der Waals surface area contributed by atoms with Gasteiger partial charge in [-0.05, 0) is 25.2 Å². The van der Waals surface area contributed by atoms with Gasteiger partial charge >= 0.3 is 0 Å². The van der Waals surface area contributed by atoms with Crippen LogP contribution in [-0.2, 0) is 4.74 Å². The van der Waals surface area contributed by atoms with Crippen molar-refractivity contribution < 1.29 is 13.5 Å². The van der Waals surface area contributed by atoms with Gasteiger partial charge in [0.2, 0.25) is 0 Å². The minimum atomic E-state index is -2.35. The summed E-state index contributed by atoms with van der Waals surface area (Å²) < 4.78 is 28.2. The van der Waals surface area contributed by atoms with Crippen molar-refractivity contribution >= 4 is 0 Å². The molecule has 1 aliphatic carbocycles. The average molecular weight is 221 g/mol. The minimum absolute atomic E-state index is 0.387. The Morgan fingerprint density at radius 2 is 2.20 bits per heavy atom. The van der Waals surface area contributed by atoms with Crippen molar-refractivity contribution in [3.63, 3.8) is 0 Å². The van der Waals surface area contributed by atoms with Gasteiger partial charge in [-0.2, -0.15) is 0 Å². The summed E-state index contributed by atoms with van der Waals surface area (Å²) in [7, 11) is 0. The zero-order chi connectivity index (χ0) is 11.1. The van der Waals surface area contributed by atoms with Crippen LogP contribution in [0.25, 0.3) is 0 Å². The van der Waals surface area contributed by atoms with Crippen LogP contribution in [0.4, 0.5) is 8.78 Å². The van der Waals surface area contributed by atoms with Gasteiger partial charge in [-0.1, -0.05) is 13.3 Å². The summed E-state index contributed by atoms with van der Waals surface area (Å²) in [5, 5.41) is 3.35. The molecule has 90 valence electrons. The van der Waals surface area contributed by atoms with E-state index < -0.39 is 13.0 Å². The van der Waals surface area contributed by atoms with E-state index in [2.05, 4.69) is 12.2 Å². The smallest absolute Gasteiger partial charge is 0.261 e. The molecule has 1 fully saturated rings. The second-order valence-electron chi connectivity index (χ2n) is 4.20. The highest BCUT2D eigenvalue weighted by molar-refractivity contribution is 4.79. The molecule has 0 aromatic rings. The SMILES string of the molecule is CCC1CCC(NCCOCC(F)F)C1. The van der Waals surface area contributed by atoms with E-state index in [0.717, 1.165) is 5.92 Å². The summed E-state index contributed by atoms with van der Waals surface area (Å²) in [5.41, 5.74) is 0. The molecule has 0 bridgehead atoms. The molecule has 2 nitrogen and oxygen atoms in total. The number of rotatable bonds is 7. The summed E-state index contributed by atoms with van der Waals surface area (Å²) in [6.07, 6.45) is 2.64. The lowest BCUT2D eigenvalue weighted by Gasteiger charge is -2.12. The van der Waals surface area contributed by atoms with Gasteiger partial charge in [0.05, 0.1) is 6.61 Å². The van der Waals surface area contributed by atoms with Crippen LogP contribution in [0.3, 0.4) is 0 Å². The van der Waals surface area contributed by atoms with Crippen molar-refractivity contribution in [1.29, 1.82) is 0 Å². The van der Waals surface area contributed by atoms with Gasteiger partial charge in [-0.25, -0.2) is 8.78 Å². The molecule has 0 aromatic carbocycles. The van der Waals surface area contributed by atoms with Crippen molar-refractivity contribution in [2.45, 2.75) is 45.1 Å². The summed E-state index contributed by atoms with van der Waals surface area (Å²) in [6.45, 7) is 2.86. The molecule has 2 unspecified atom stereocenters. The number of alkyl halides is 2. The van der Waals surface area contributed by atoms with Crippen LogP contribution in [0.15, 0.2) is 0 Å². The van der Waals surface area contributed by atoms with E-state index in [1.807, 2.05) is 0 Å². The van der Waals surface area contributed by atoms with E-state index in [1.54, 1.807) is 0 Å². The Kier molecular flexibility index (Phi) is 6.10. The maximum atomic E-state index is 11.7. The van der Waals surface area contributed by atoms with Gasteiger partial charge in [-0.3, -0.25) is 0 Å². The zero-order valence-corrected chi connectivity index (χ0v) is 9.35. The molecular weight excluding hydrogens is 200 g/mol. The minimum Gasteiger partial charge on any atom is -0.374 e. The molecule has 1 saturated carbocycles. The quantitative estimate of drug-likeness (QED) is 0.667. The molecule has 1 aliphatic rings. The fourth-order valence-corrected chi connectivity index (χ4v) is 2.14. The summed E-state index contributed by atoms with van der Waals surface area (Å²) in [5.74, 6) is 0.851. The van der Waals surface area contributed by atoms with Crippen molar-refractivity contribution in [2.75, 3.05) is 19.8 Å². The highest BCUT2D eigenvalue weighted by Crippen LogP contribution is 2.27. The monoisotopic (exact) mass is 221 g/mol. The molecule has 0 saturated heterocycles. The molecule has 0 heterocycles. The van der Waals surface area contributed by atoms with Crippen LogP contribution in [0.2, 0.25) is 0 Å². The van der Waals surface area contributed by atoms with E-state index >= 15 is 0 Å². The predicted octanol–water partition coefficient (Wildman–Crippen LogP) is 2.44. The third kappa shape index (κ3) is 5.42. The van der Waals surface area contributed by atoms with Crippen LogP contribution in [0.1, 0.15) is 32.6 Å². The lowest BCUT2D eigenvalue weighted by atomic mass is 10.1. The first kappa shape index (κ1) is 12.8. The fourth-order valence-electron chi connectivity index (χ4n) is 2.14. The summed E-state index contributed by atoms with van der Waals surface area (Å²) >= 11 is 0. The predicted molar refractivity (Wildman–Crippen MR) is 56.2 cm³/mol. The second-order valence-corrected chi connectivity index (χ2v) is 4.20. The van der Waals surface area contributed by atoms with E-state index in [4.69, 9.17) is 4.74 Å². The van der Waals surface area contributed by atoms with E-state index in [1.165, 1.54) is 25.7 Å². The third-order valence-corrected chi connectivity index (χ3v) is 3.04. The molecule has 0 aliphatic heterocycles. The van der Waals surface area contributed by atoms with Gasteiger partial charge in [0.25, 0.3) is 6.43 Å². The molecule has 0 aromatic heterocycles. The van der Waals surface area contributed by atoms with E-state index in [0.29, 0.717) is 19.2 Å². The first-order valence-corrected chi connectivity index (χ1v) is 5.81. The molecular formula is C11H21F2NO. The Labute approximate surface area is 90.4 Å². The van der Waals surface area contributed by atoms with E-state index in [9.17, 15) is 8.78 Å². The van der Waals surface area contributed by atoms with E-state index in [-0.39, 0.29) is 0 Å². The van der Waals surface area contributed by atoms with Crippen molar-refractivity contribution in [2.24, 2.45) is 5.92 Å². The molecule has 2 atom stereocenters. The van der Waals surface area contributed by atoms with Gasteiger partial charge in [0.15, 0.2) is 0 Å². The lowest BCUT2D eigenvalue weighted by Crippen LogP contribution is -2.30. The largest absolute Gasteiger partial charge is 0.374 e. The average Bonchev–Trinajstić information content (AvgIpc) is 2.65. The van der Waals surface area contributed by atoms with Crippen molar-refractivity contribution in [3.8, 4) is 0 Å². The normalized spacial score (nSPS) is 26.4. The third-order valence-electron chi connectivity index (χ3n) is 3.04. The molecule has 4 heteroatoms. The Morgan fingerprint density at radius 3 is 2.80 bits per heavy atom. The van der Waals surface area contributed by atoms with Gasteiger partial charge < -0.3 is 10.1 Å². The van der Waals surface area contributed by atoms with Gasteiger partial charge in [0.1, 0.15) is 6.61 Å². The number of hydrogen-bond donors (Lipinski definition) is 1. The Balaban J connectivity index is 1.92. The van der Waals surface area contributed by atoms with Crippen LogP contribution in [0.5, 0.6) is 0 Å². The highest BCUT2D eigenvalue weighted by atomic mass is 19.3. The molecule has 1 N–H and O–H groups in total. The van der Waals surface area contributed by atoms with Gasteiger partial charge in [0, 0.05) is 12.6 Å². The van der Waals surface area contributed by atoms with Crippen LogP contribution < -0.4 is 5.32 Å². The first-order valence-electron chi connectivity index (χ1n) is 5.81. The second kappa shape index (κ2) is 7.12. The summed E-state index contributed by atoms with van der Waals surface area (Å²) in [6, 6.07) is 0.574. The maximum absolute atomic E-state index is 11.7. The van der Waals surface area contributed by atoms with Crippen molar-refractivity contribution in [3.05, 3.63) is 0 Å². The number of halogens is 2. The van der Waals surface area contributed by atoms with Crippen LogP contribution in [0, 0.1) is 5.92 Å². The summed E-state index contributed by atoms with van der Waals surface area (Å²) in [4.78, 5) is 0. The number of ether oxygens (including phenoxy) is 1. The molecule has 0 amide bonds. The topological polar surface area (TPSA) is 21.3 Å². The molecule has 1 rings (SSSR count). The van der Waals surface area contributed by atoms with Gasteiger partial charge in [-0.15, -0.1) is 0 Å². The number of nitrogens with one attached hydrogen (secondary N) is 1. The van der Waals surface area contributed by atoms with Crippen molar-refractivity contribution in [1.82, 2.24) is 5.32 Å². The fraction of sp³-hybridized carbons (Fsp3) is 1.00. The van der Waals surface area contributed by atoms with Crippen LogP contribution >= 0.6 is 0 Å². The van der Waals surface area contributed by atoms with Crippen LogP contribution in [-0.4, -0.2) is 32.2 Å². The Morgan fingerprint density at radius 1 is 1.40 bits per heavy atom. The Hall–Kier alpha value is -0.220. The Bertz CT molecular complexity index is 167. The standard InChI is InChI=1S/C11H21F2NO/c1-2-9-3-4-10(7-9)14-5-6-15-8-11(12)13/h9-11,14H,2-8H2,1H3. The highest BCUT2D eigenvalue weighted by Gasteiger charge is 2.22. The molecule has 0 spiro atoms. The molecule has 15 heavy (non-hydrogen) atoms. The number of hydrogen-bond acceptors (Lipinski definition) is 2. The zero-order valence-electron chi connectivity index (χ0n) is 9.35.